The van der Waals surface area contributed by atoms with Gasteiger partial charge in [-0.15, -0.1) is 6.58 Å². The van der Waals surface area contributed by atoms with Crippen molar-refractivity contribution in [2.24, 2.45) is 0 Å². The fraction of sp³-hybridized carbons (Fsp3) is 0.500. The molecule has 118 valence electrons. The number of nitrogens with zero attached hydrogens (tertiary/aromatic N) is 1. The molecule has 1 aromatic rings. The van der Waals surface area contributed by atoms with Gasteiger partial charge in [0.15, 0.2) is 0 Å². The number of hydrogen-bond donors (Lipinski definition) is 1. The molecule has 0 aliphatic carbocycles. The minimum atomic E-state index is -3.48. The monoisotopic (exact) mass is 310 g/mol. The van der Waals surface area contributed by atoms with Crippen LogP contribution in [-0.4, -0.2) is 32.4 Å². The van der Waals surface area contributed by atoms with Gasteiger partial charge in [-0.05, 0) is 43.1 Å². The second kappa shape index (κ2) is 7.73. The second-order valence-corrected chi connectivity index (χ2v) is 6.97. The van der Waals surface area contributed by atoms with E-state index in [9.17, 15) is 8.42 Å². The van der Waals surface area contributed by atoms with Crippen LogP contribution in [0, 0.1) is 13.8 Å². The van der Waals surface area contributed by atoms with Crippen LogP contribution in [-0.2, 0) is 16.6 Å². The SMILES string of the molecule is C=CCN(CC)S(=O)(=O)c1cc(CNCC)cc(C)c1C. The molecule has 1 N–H and O–H groups in total. The predicted molar refractivity (Wildman–Crippen MR) is 87.9 cm³/mol. The van der Waals surface area contributed by atoms with Crippen LogP contribution in [0.1, 0.15) is 30.5 Å². The Bertz CT molecular complexity index is 595. The Hall–Kier alpha value is -1.17. The summed E-state index contributed by atoms with van der Waals surface area (Å²) in [5, 5.41) is 3.23. The molecular weight excluding hydrogens is 284 g/mol. The molecule has 0 amide bonds. The normalized spacial score (nSPS) is 11.9. The molecule has 1 rings (SSSR count). The molecule has 0 bridgehead atoms. The topological polar surface area (TPSA) is 49.4 Å². The fourth-order valence-corrected chi connectivity index (χ4v) is 3.99. The Balaban J connectivity index is 3.32. The molecule has 4 nitrogen and oxygen atoms in total. The average molecular weight is 310 g/mol. The van der Waals surface area contributed by atoms with Gasteiger partial charge in [0.05, 0.1) is 4.90 Å². The Morgan fingerprint density at radius 2 is 1.95 bits per heavy atom. The lowest BCUT2D eigenvalue weighted by Gasteiger charge is -2.21. The smallest absolute Gasteiger partial charge is 0.243 e. The van der Waals surface area contributed by atoms with Gasteiger partial charge in [-0.3, -0.25) is 0 Å². The molecule has 0 atom stereocenters. The van der Waals surface area contributed by atoms with Crippen LogP contribution in [0.15, 0.2) is 29.7 Å². The van der Waals surface area contributed by atoms with Crippen molar-refractivity contribution in [3.63, 3.8) is 0 Å². The maximum Gasteiger partial charge on any atom is 0.243 e. The van der Waals surface area contributed by atoms with Crippen molar-refractivity contribution in [1.29, 1.82) is 0 Å². The zero-order valence-electron chi connectivity index (χ0n) is 13.4. The Labute approximate surface area is 128 Å². The van der Waals surface area contributed by atoms with Crippen LogP contribution >= 0.6 is 0 Å². The molecule has 0 aliphatic rings. The van der Waals surface area contributed by atoms with Crippen LogP contribution < -0.4 is 5.32 Å². The first-order valence-corrected chi connectivity index (χ1v) is 8.74. The molecule has 1 aromatic carbocycles. The van der Waals surface area contributed by atoms with E-state index in [1.807, 2.05) is 33.8 Å². The molecular formula is C16H26N2O2S. The van der Waals surface area contributed by atoms with E-state index in [-0.39, 0.29) is 0 Å². The van der Waals surface area contributed by atoms with Gasteiger partial charge in [0, 0.05) is 19.6 Å². The summed E-state index contributed by atoms with van der Waals surface area (Å²) in [6, 6.07) is 3.83. The summed E-state index contributed by atoms with van der Waals surface area (Å²) in [6.07, 6.45) is 1.62. The summed E-state index contributed by atoms with van der Waals surface area (Å²) < 4.78 is 27.1. The Morgan fingerprint density at radius 1 is 1.29 bits per heavy atom. The first-order chi connectivity index (χ1) is 9.88. The maximum atomic E-state index is 12.8. The Morgan fingerprint density at radius 3 is 2.48 bits per heavy atom. The molecule has 0 saturated heterocycles. The lowest BCUT2D eigenvalue weighted by atomic mass is 10.1. The maximum absolute atomic E-state index is 12.8. The van der Waals surface area contributed by atoms with Crippen molar-refractivity contribution in [3.05, 3.63) is 41.5 Å². The molecule has 0 aliphatic heterocycles. The summed E-state index contributed by atoms with van der Waals surface area (Å²) in [5.74, 6) is 0. The van der Waals surface area contributed by atoms with Gasteiger partial charge < -0.3 is 5.32 Å². The number of aryl methyl sites for hydroxylation is 1. The molecule has 21 heavy (non-hydrogen) atoms. The van der Waals surface area contributed by atoms with Crippen LogP contribution in [0.2, 0.25) is 0 Å². The van der Waals surface area contributed by atoms with E-state index < -0.39 is 10.0 Å². The fourth-order valence-electron chi connectivity index (χ4n) is 2.22. The van der Waals surface area contributed by atoms with Crippen molar-refractivity contribution < 1.29 is 8.42 Å². The van der Waals surface area contributed by atoms with Crippen molar-refractivity contribution in [3.8, 4) is 0 Å². The molecule has 0 spiro atoms. The third-order valence-corrected chi connectivity index (χ3v) is 5.63. The molecule has 0 radical (unpaired) electrons. The van der Waals surface area contributed by atoms with Crippen molar-refractivity contribution >= 4 is 10.0 Å². The van der Waals surface area contributed by atoms with Crippen LogP contribution in [0.25, 0.3) is 0 Å². The lowest BCUT2D eigenvalue weighted by molar-refractivity contribution is 0.459. The largest absolute Gasteiger partial charge is 0.313 e. The highest BCUT2D eigenvalue weighted by Crippen LogP contribution is 2.24. The molecule has 0 unspecified atom stereocenters. The van der Waals surface area contributed by atoms with Gasteiger partial charge >= 0.3 is 0 Å². The van der Waals surface area contributed by atoms with E-state index in [1.54, 1.807) is 12.1 Å². The summed E-state index contributed by atoms with van der Waals surface area (Å²) in [6.45, 7) is 13.6. The first-order valence-electron chi connectivity index (χ1n) is 7.30. The summed E-state index contributed by atoms with van der Waals surface area (Å²) in [4.78, 5) is 0.402. The zero-order chi connectivity index (χ0) is 16.0. The van der Waals surface area contributed by atoms with E-state index in [0.717, 1.165) is 23.2 Å². The van der Waals surface area contributed by atoms with Crippen molar-refractivity contribution in [2.45, 2.75) is 39.1 Å². The van der Waals surface area contributed by atoms with Crippen molar-refractivity contribution in [2.75, 3.05) is 19.6 Å². The van der Waals surface area contributed by atoms with Gasteiger partial charge in [-0.2, -0.15) is 4.31 Å². The minimum Gasteiger partial charge on any atom is -0.313 e. The zero-order valence-corrected chi connectivity index (χ0v) is 14.3. The van der Waals surface area contributed by atoms with Gasteiger partial charge in [-0.25, -0.2) is 8.42 Å². The van der Waals surface area contributed by atoms with Crippen LogP contribution in [0.4, 0.5) is 0 Å². The van der Waals surface area contributed by atoms with Crippen LogP contribution in [0.5, 0.6) is 0 Å². The van der Waals surface area contributed by atoms with Crippen molar-refractivity contribution in [1.82, 2.24) is 9.62 Å². The highest BCUT2D eigenvalue weighted by molar-refractivity contribution is 7.89. The first kappa shape index (κ1) is 17.9. The predicted octanol–water partition coefficient (Wildman–Crippen LogP) is 2.61. The number of rotatable bonds is 8. The van der Waals surface area contributed by atoms with Gasteiger partial charge in [0.1, 0.15) is 0 Å². The second-order valence-electron chi connectivity index (χ2n) is 5.06. The molecule has 0 aromatic heterocycles. The molecule has 0 fully saturated rings. The van der Waals surface area contributed by atoms with E-state index in [0.29, 0.717) is 24.5 Å². The highest BCUT2D eigenvalue weighted by Gasteiger charge is 2.25. The highest BCUT2D eigenvalue weighted by atomic mass is 32.2. The van der Waals surface area contributed by atoms with Gasteiger partial charge in [-0.1, -0.05) is 26.0 Å². The molecule has 0 saturated carbocycles. The van der Waals surface area contributed by atoms with Gasteiger partial charge in [0.25, 0.3) is 0 Å². The number of benzene rings is 1. The average Bonchev–Trinajstić information content (AvgIpc) is 2.45. The van der Waals surface area contributed by atoms with E-state index >= 15 is 0 Å². The third kappa shape index (κ3) is 4.15. The summed E-state index contributed by atoms with van der Waals surface area (Å²) in [7, 11) is -3.48. The quantitative estimate of drug-likeness (QED) is 0.751. The van der Waals surface area contributed by atoms with E-state index in [4.69, 9.17) is 0 Å². The van der Waals surface area contributed by atoms with E-state index in [1.165, 1.54) is 4.31 Å². The third-order valence-electron chi connectivity index (χ3n) is 3.56. The number of likely N-dealkylation sites (N-methyl/N-ethyl adjacent to an activating group) is 1. The van der Waals surface area contributed by atoms with E-state index in [2.05, 4.69) is 11.9 Å². The number of hydrogen-bond acceptors (Lipinski definition) is 3. The molecule has 0 heterocycles. The minimum absolute atomic E-state index is 0.328. The molecule has 5 heteroatoms. The van der Waals surface area contributed by atoms with Crippen LogP contribution in [0.3, 0.4) is 0 Å². The summed E-state index contributed by atoms with van der Waals surface area (Å²) >= 11 is 0. The number of nitrogens with one attached hydrogen (secondary N) is 1. The standard InChI is InChI=1S/C16H26N2O2S/c1-6-9-18(8-3)21(19,20)16-11-15(12-17-7-2)10-13(4)14(16)5/h6,10-11,17H,1,7-9,12H2,2-5H3. The summed E-state index contributed by atoms with van der Waals surface area (Å²) in [5.41, 5.74) is 2.81. The number of sulfonamides is 1. The van der Waals surface area contributed by atoms with Gasteiger partial charge in [0.2, 0.25) is 10.0 Å². The lowest BCUT2D eigenvalue weighted by Crippen LogP contribution is -2.31. The Kier molecular flexibility index (Phi) is 6.58.